The molecular formula is C13H19N. The number of rotatable bonds is 3. The highest BCUT2D eigenvalue weighted by Gasteiger charge is 2.39. The van der Waals surface area contributed by atoms with Gasteiger partial charge in [-0.25, -0.2) is 0 Å². The number of aromatic nitrogens is 1. The smallest absolute Gasteiger partial charge is 0.0437 e. The molecular weight excluding hydrogens is 170 g/mol. The van der Waals surface area contributed by atoms with Crippen molar-refractivity contribution in [3.05, 3.63) is 29.6 Å². The van der Waals surface area contributed by atoms with Crippen molar-refractivity contribution in [2.75, 3.05) is 0 Å². The number of hydrogen-bond acceptors (Lipinski definition) is 1. The second-order valence-electron chi connectivity index (χ2n) is 4.99. The van der Waals surface area contributed by atoms with Gasteiger partial charge in [0.15, 0.2) is 0 Å². The molecule has 0 bridgehead atoms. The highest BCUT2D eigenvalue weighted by Crippen LogP contribution is 2.49. The van der Waals surface area contributed by atoms with Crippen molar-refractivity contribution in [2.45, 2.75) is 39.5 Å². The molecule has 0 aromatic carbocycles. The van der Waals surface area contributed by atoms with Crippen LogP contribution in [-0.4, -0.2) is 4.98 Å². The van der Waals surface area contributed by atoms with Crippen molar-refractivity contribution in [1.29, 1.82) is 0 Å². The van der Waals surface area contributed by atoms with Crippen LogP contribution in [0, 0.1) is 18.8 Å². The lowest BCUT2D eigenvalue weighted by Crippen LogP contribution is -1.92. The summed E-state index contributed by atoms with van der Waals surface area (Å²) in [4.78, 5) is 4.50. The maximum Gasteiger partial charge on any atom is 0.0437 e. The predicted molar refractivity (Wildman–Crippen MR) is 59.3 cm³/mol. The highest BCUT2D eigenvalue weighted by atomic mass is 14.7. The van der Waals surface area contributed by atoms with Crippen LogP contribution < -0.4 is 0 Å². The van der Waals surface area contributed by atoms with Crippen LogP contribution in [0.3, 0.4) is 0 Å². The molecule has 1 fully saturated rings. The highest BCUT2D eigenvalue weighted by molar-refractivity contribution is 5.21. The van der Waals surface area contributed by atoms with Crippen LogP contribution in [0.15, 0.2) is 18.3 Å². The molecule has 1 aromatic rings. The molecule has 1 aliphatic carbocycles. The van der Waals surface area contributed by atoms with Crippen molar-refractivity contribution in [2.24, 2.45) is 11.8 Å². The first-order valence-corrected chi connectivity index (χ1v) is 5.59. The Labute approximate surface area is 86.6 Å². The second kappa shape index (κ2) is 3.72. The third kappa shape index (κ3) is 2.14. The topological polar surface area (TPSA) is 12.9 Å². The summed E-state index contributed by atoms with van der Waals surface area (Å²) in [7, 11) is 0. The fraction of sp³-hybridized carbons (Fsp3) is 0.615. The average Bonchev–Trinajstić information content (AvgIpc) is 2.84. The van der Waals surface area contributed by atoms with Crippen molar-refractivity contribution in [1.82, 2.24) is 4.98 Å². The molecule has 1 aliphatic rings. The molecule has 76 valence electrons. The zero-order valence-electron chi connectivity index (χ0n) is 9.33. The zero-order chi connectivity index (χ0) is 10.1. The molecule has 0 spiro atoms. The van der Waals surface area contributed by atoms with Crippen LogP contribution in [0.4, 0.5) is 0 Å². The largest absolute Gasteiger partial charge is 0.261 e. The minimum absolute atomic E-state index is 0.762. The Morgan fingerprint density at radius 2 is 2.21 bits per heavy atom. The molecule has 1 nitrogen and oxygen atoms in total. The summed E-state index contributed by atoms with van der Waals surface area (Å²) in [6.45, 7) is 6.70. The predicted octanol–water partition coefficient (Wildman–Crippen LogP) is 3.54. The molecule has 0 saturated heterocycles. The van der Waals surface area contributed by atoms with Crippen molar-refractivity contribution in [3.8, 4) is 0 Å². The normalized spacial score (nSPS) is 25.4. The first-order valence-electron chi connectivity index (χ1n) is 5.59. The summed E-state index contributed by atoms with van der Waals surface area (Å²) in [6.07, 6.45) is 4.70. The first-order chi connectivity index (χ1) is 6.66. The third-order valence-corrected chi connectivity index (χ3v) is 3.01. The molecule has 1 aromatic heterocycles. The van der Waals surface area contributed by atoms with Gasteiger partial charge in [0.05, 0.1) is 0 Å². The van der Waals surface area contributed by atoms with E-state index in [0.717, 1.165) is 17.8 Å². The van der Waals surface area contributed by atoms with Gasteiger partial charge in [0.1, 0.15) is 0 Å². The first kappa shape index (κ1) is 9.70. The van der Waals surface area contributed by atoms with Gasteiger partial charge < -0.3 is 0 Å². The van der Waals surface area contributed by atoms with Gasteiger partial charge in [-0.2, -0.15) is 0 Å². The van der Waals surface area contributed by atoms with E-state index in [1.165, 1.54) is 24.1 Å². The van der Waals surface area contributed by atoms with Gasteiger partial charge in [0.2, 0.25) is 0 Å². The standard InChI is InChI=1S/C13H19N/c1-9(2)6-11-7-12(11)13-5-4-10(3)8-14-13/h4-5,8-9,11-12H,6-7H2,1-3H3/t11-,12-/m0/s1. The van der Waals surface area contributed by atoms with E-state index in [1.54, 1.807) is 0 Å². The van der Waals surface area contributed by atoms with Crippen LogP contribution >= 0.6 is 0 Å². The van der Waals surface area contributed by atoms with E-state index < -0.39 is 0 Å². The van der Waals surface area contributed by atoms with Crippen LogP contribution in [0.25, 0.3) is 0 Å². The van der Waals surface area contributed by atoms with Gasteiger partial charge in [-0.1, -0.05) is 19.9 Å². The molecule has 2 atom stereocenters. The second-order valence-corrected chi connectivity index (χ2v) is 4.99. The van der Waals surface area contributed by atoms with E-state index in [4.69, 9.17) is 0 Å². The Bertz CT molecular complexity index is 300. The van der Waals surface area contributed by atoms with Crippen LogP contribution in [0.2, 0.25) is 0 Å². The van der Waals surface area contributed by atoms with Gasteiger partial charge in [-0.3, -0.25) is 4.98 Å². The van der Waals surface area contributed by atoms with Crippen molar-refractivity contribution >= 4 is 0 Å². The summed E-state index contributed by atoms with van der Waals surface area (Å²) in [5.74, 6) is 2.50. The third-order valence-electron chi connectivity index (χ3n) is 3.01. The van der Waals surface area contributed by atoms with Gasteiger partial charge >= 0.3 is 0 Å². The lowest BCUT2D eigenvalue weighted by molar-refractivity contribution is 0.530. The summed E-state index contributed by atoms with van der Waals surface area (Å²) in [6, 6.07) is 4.37. The Balaban J connectivity index is 1.96. The molecule has 1 heterocycles. The fourth-order valence-electron chi connectivity index (χ4n) is 2.17. The Morgan fingerprint density at radius 3 is 2.79 bits per heavy atom. The lowest BCUT2D eigenvalue weighted by atomic mass is 10.0. The minimum atomic E-state index is 0.762. The minimum Gasteiger partial charge on any atom is -0.261 e. The molecule has 1 saturated carbocycles. The SMILES string of the molecule is Cc1ccc([C@H]2C[C@@H]2CC(C)C)nc1. The van der Waals surface area contributed by atoms with Gasteiger partial charge in [-0.05, 0) is 43.2 Å². The van der Waals surface area contributed by atoms with Gasteiger partial charge in [-0.15, -0.1) is 0 Å². The van der Waals surface area contributed by atoms with Crippen LogP contribution in [0.5, 0.6) is 0 Å². The van der Waals surface area contributed by atoms with E-state index in [-0.39, 0.29) is 0 Å². The molecule has 0 aliphatic heterocycles. The van der Waals surface area contributed by atoms with Crippen LogP contribution in [0.1, 0.15) is 43.9 Å². The Hall–Kier alpha value is -0.850. The van der Waals surface area contributed by atoms with E-state index in [2.05, 4.69) is 37.9 Å². The number of hydrogen-bond donors (Lipinski definition) is 0. The Kier molecular flexibility index (Phi) is 2.58. The number of nitrogens with zero attached hydrogens (tertiary/aromatic N) is 1. The average molecular weight is 189 g/mol. The fourth-order valence-corrected chi connectivity index (χ4v) is 2.17. The van der Waals surface area contributed by atoms with Crippen LogP contribution in [-0.2, 0) is 0 Å². The Morgan fingerprint density at radius 1 is 1.43 bits per heavy atom. The number of pyridine rings is 1. The molecule has 14 heavy (non-hydrogen) atoms. The van der Waals surface area contributed by atoms with E-state index in [0.29, 0.717) is 0 Å². The van der Waals surface area contributed by atoms with Crippen molar-refractivity contribution < 1.29 is 0 Å². The quantitative estimate of drug-likeness (QED) is 0.708. The summed E-state index contributed by atoms with van der Waals surface area (Å²) in [5.41, 5.74) is 2.57. The molecule has 2 rings (SSSR count). The van der Waals surface area contributed by atoms with Gasteiger partial charge in [0, 0.05) is 17.8 Å². The summed E-state index contributed by atoms with van der Waals surface area (Å²) >= 11 is 0. The number of aryl methyl sites for hydroxylation is 1. The molecule has 0 amide bonds. The maximum atomic E-state index is 4.50. The van der Waals surface area contributed by atoms with Crippen molar-refractivity contribution in [3.63, 3.8) is 0 Å². The lowest BCUT2D eigenvalue weighted by Gasteiger charge is -2.03. The zero-order valence-corrected chi connectivity index (χ0v) is 9.33. The monoisotopic (exact) mass is 189 g/mol. The van der Waals surface area contributed by atoms with E-state index >= 15 is 0 Å². The molecule has 0 radical (unpaired) electrons. The van der Waals surface area contributed by atoms with E-state index in [9.17, 15) is 0 Å². The summed E-state index contributed by atoms with van der Waals surface area (Å²) < 4.78 is 0. The summed E-state index contributed by atoms with van der Waals surface area (Å²) in [5, 5.41) is 0. The van der Waals surface area contributed by atoms with E-state index in [1.807, 2.05) is 6.20 Å². The molecule has 0 unspecified atom stereocenters. The van der Waals surface area contributed by atoms with Gasteiger partial charge in [0.25, 0.3) is 0 Å². The molecule has 0 N–H and O–H groups in total. The maximum absolute atomic E-state index is 4.50. The molecule has 1 heteroatoms.